The van der Waals surface area contributed by atoms with Crippen LogP contribution in [0.2, 0.25) is 0 Å². The molecule has 1 aromatic carbocycles. The summed E-state index contributed by atoms with van der Waals surface area (Å²) in [4.78, 5) is 6.94. The van der Waals surface area contributed by atoms with Gasteiger partial charge in [0.05, 0.1) is 0 Å². The molecule has 0 aliphatic heterocycles. The van der Waals surface area contributed by atoms with Gasteiger partial charge in [0.2, 0.25) is 11.1 Å². The predicted octanol–water partition coefficient (Wildman–Crippen LogP) is 6.12. The number of hydrogen-bond donors (Lipinski definition) is 1. The van der Waals surface area contributed by atoms with E-state index in [9.17, 15) is 0 Å². The van der Waals surface area contributed by atoms with Crippen LogP contribution in [0.1, 0.15) is 70.8 Å². The predicted molar refractivity (Wildman–Crippen MR) is 114 cm³/mol. The van der Waals surface area contributed by atoms with E-state index < -0.39 is 0 Å². The molecule has 0 spiro atoms. The van der Waals surface area contributed by atoms with Crippen LogP contribution in [-0.2, 0) is 6.54 Å². The number of unbranched alkanes of at least 4 members (excludes halogenated alkanes) is 7. The fourth-order valence-corrected chi connectivity index (χ4v) is 3.70. The standard InChI is InChI=1S/C21H34N4S/c1-3-5-6-7-8-9-10-14-17-22-20-23-21(26-24-20)25(4-2)18-19-15-12-11-13-16-19/h11-13,15-16H,3-10,14,17-18H2,1-2H3,(H,22,24). The first-order valence-corrected chi connectivity index (χ1v) is 11.0. The van der Waals surface area contributed by atoms with Crippen molar-refractivity contribution in [3.8, 4) is 0 Å². The molecule has 4 nitrogen and oxygen atoms in total. The van der Waals surface area contributed by atoms with Crippen LogP contribution in [0.4, 0.5) is 11.1 Å². The number of anilines is 2. The van der Waals surface area contributed by atoms with Crippen molar-refractivity contribution in [1.29, 1.82) is 0 Å². The fraction of sp³-hybridized carbons (Fsp3) is 0.619. The fourth-order valence-electron chi connectivity index (χ4n) is 2.99. The summed E-state index contributed by atoms with van der Waals surface area (Å²) in [6, 6.07) is 10.5. The third-order valence-corrected chi connectivity index (χ3v) is 5.37. The molecule has 0 saturated heterocycles. The van der Waals surface area contributed by atoms with Gasteiger partial charge in [-0.15, -0.1) is 0 Å². The molecule has 0 radical (unpaired) electrons. The van der Waals surface area contributed by atoms with E-state index in [1.165, 1.54) is 68.5 Å². The van der Waals surface area contributed by atoms with Crippen LogP contribution >= 0.6 is 11.5 Å². The SMILES string of the molecule is CCCCCCCCCCNc1nsc(N(CC)Cc2ccccc2)n1. The van der Waals surface area contributed by atoms with Gasteiger partial charge in [0, 0.05) is 31.2 Å². The lowest BCUT2D eigenvalue weighted by Crippen LogP contribution is -2.21. The van der Waals surface area contributed by atoms with E-state index in [4.69, 9.17) is 0 Å². The van der Waals surface area contributed by atoms with Crippen molar-refractivity contribution in [2.24, 2.45) is 0 Å². The number of hydrogen-bond acceptors (Lipinski definition) is 5. The second-order valence-corrected chi connectivity index (χ2v) is 7.53. The van der Waals surface area contributed by atoms with Gasteiger partial charge in [0.25, 0.3) is 0 Å². The minimum atomic E-state index is 0.777. The molecule has 2 aromatic rings. The Labute approximate surface area is 163 Å². The number of nitrogens with one attached hydrogen (secondary N) is 1. The van der Waals surface area contributed by atoms with Gasteiger partial charge >= 0.3 is 0 Å². The molecule has 0 amide bonds. The quantitative estimate of drug-likeness (QED) is 0.405. The summed E-state index contributed by atoms with van der Waals surface area (Å²) in [5.74, 6) is 0.777. The summed E-state index contributed by atoms with van der Waals surface area (Å²) in [5, 5.41) is 4.38. The zero-order valence-corrected chi connectivity index (χ0v) is 17.2. The molecule has 0 aliphatic carbocycles. The van der Waals surface area contributed by atoms with Gasteiger partial charge in [-0.05, 0) is 18.9 Å². The highest BCUT2D eigenvalue weighted by atomic mass is 32.1. The van der Waals surface area contributed by atoms with Gasteiger partial charge in [-0.2, -0.15) is 9.36 Å². The molecule has 144 valence electrons. The second kappa shape index (κ2) is 12.7. The van der Waals surface area contributed by atoms with Crippen LogP contribution in [-0.4, -0.2) is 22.4 Å². The molecule has 2 rings (SSSR count). The third kappa shape index (κ3) is 7.73. The van der Waals surface area contributed by atoms with E-state index >= 15 is 0 Å². The molecule has 0 atom stereocenters. The van der Waals surface area contributed by atoms with E-state index in [2.05, 4.69) is 63.8 Å². The van der Waals surface area contributed by atoms with Crippen molar-refractivity contribution < 1.29 is 0 Å². The maximum absolute atomic E-state index is 4.67. The van der Waals surface area contributed by atoms with E-state index in [-0.39, 0.29) is 0 Å². The Morgan fingerprint density at radius 1 is 0.923 bits per heavy atom. The van der Waals surface area contributed by atoms with Gasteiger partial charge in [-0.3, -0.25) is 0 Å². The highest BCUT2D eigenvalue weighted by Crippen LogP contribution is 2.21. The van der Waals surface area contributed by atoms with Gasteiger partial charge in [0.1, 0.15) is 0 Å². The molecule has 0 fully saturated rings. The van der Waals surface area contributed by atoms with Crippen molar-refractivity contribution in [2.45, 2.75) is 71.8 Å². The van der Waals surface area contributed by atoms with Crippen molar-refractivity contribution >= 4 is 22.6 Å². The van der Waals surface area contributed by atoms with Gasteiger partial charge in [0.15, 0.2) is 0 Å². The minimum absolute atomic E-state index is 0.777. The number of benzene rings is 1. The van der Waals surface area contributed by atoms with Crippen molar-refractivity contribution in [3.63, 3.8) is 0 Å². The number of nitrogens with zero attached hydrogens (tertiary/aromatic N) is 3. The summed E-state index contributed by atoms with van der Waals surface area (Å²) >= 11 is 1.48. The average Bonchev–Trinajstić information content (AvgIpc) is 3.14. The lowest BCUT2D eigenvalue weighted by Gasteiger charge is -2.19. The lowest BCUT2D eigenvalue weighted by molar-refractivity contribution is 0.581. The average molecular weight is 375 g/mol. The molecule has 26 heavy (non-hydrogen) atoms. The maximum atomic E-state index is 4.67. The van der Waals surface area contributed by atoms with Crippen molar-refractivity contribution in [2.75, 3.05) is 23.3 Å². The van der Waals surface area contributed by atoms with Crippen molar-refractivity contribution in [3.05, 3.63) is 35.9 Å². The van der Waals surface area contributed by atoms with Gasteiger partial charge in [-0.1, -0.05) is 82.2 Å². The van der Waals surface area contributed by atoms with Crippen LogP contribution in [0.15, 0.2) is 30.3 Å². The Morgan fingerprint density at radius 2 is 1.62 bits per heavy atom. The molecule has 1 heterocycles. The number of aromatic nitrogens is 2. The van der Waals surface area contributed by atoms with Crippen LogP contribution in [0.25, 0.3) is 0 Å². The Bertz CT molecular complexity index is 585. The Morgan fingerprint density at radius 3 is 2.31 bits per heavy atom. The van der Waals surface area contributed by atoms with Crippen LogP contribution in [0, 0.1) is 0 Å². The lowest BCUT2D eigenvalue weighted by atomic mass is 10.1. The van der Waals surface area contributed by atoms with E-state index in [0.717, 1.165) is 30.7 Å². The van der Waals surface area contributed by atoms with Crippen LogP contribution in [0.3, 0.4) is 0 Å². The van der Waals surface area contributed by atoms with Crippen molar-refractivity contribution in [1.82, 2.24) is 9.36 Å². The monoisotopic (exact) mass is 374 g/mol. The van der Waals surface area contributed by atoms with E-state index in [1.54, 1.807) is 0 Å². The maximum Gasteiger partial charge on any atom is 0.236 e. The Kier molecular flexibility index (Phi) is 10.1. The summed E-state index contributed by atoms with van der Waals surface area (Å²) in [6.45, 7) is 7.21. The summed E-state index contributed by atoms with van der Waals surface area (Å²) < 4.78 is 4.47. The molecule has 0 aliphatic rings. The smallest absolute Gasteiger partial charge is 0.236 e. The molecule has 5 heteroatoms. The zero-order valence-electron chi connectivity index (χ0n) is 16.4. The van der Waals surface area contributed by atoms with Crippen LogP contribution in [0.5, 0.6) is 0 Å². The van der Waals surface area contributed by atoms with E-state index in [1.807, 2.05) is 0 Å². The largest absolute Gasteiger partial charge is 0.353 e. The number of rotatable bonds is 14. The Hall–Kier alpha value is -1.62. The molecule has 0 unspecified atom stereocenters. The molecule has 0 bridgehead atoms. The normalized spacial score (nSPS) is 10.8. The summed E-state index contributed by atoms with van der Waals surface area (Å²) in [5.41, 5.74) is 1.30. The third-order valence-electron chi connectivity index (χ3n) is 4.60. The van der Waals surface area contributed by atoms with Gasteiger partial charge < -0.3 is 10.2 Å². The molecule has 1 aromatic heterocycles. The minimum Gasteiger partial charge on any atom is -0.353 e. The highest BCUT2D eigenvalue weighted by molar-refractivity contribution is 7.09. The molecule has 1 N–H and O–H groups in total. The van der Waals surface area contributed by atoms with Crippen LogP contribution < -0.4 is 10.2 Å². The first kappa shape index (κ1) is 20.7. The first-order chi connectivity index (χ1) is 12.8. The summed E-state index contributed by atoms with van der Waals surface area (Å²) in [6.07, 6.45) is 10.7. The second-order valence-electron chi connectivity index (χ2n) is 6.80. The summed E-state index contributed by atoms with van der Waals surface area (Å²) in [7, 11) is 0. The molecular formula is C21H34N4S. The first-order valence-electron chi connectivity index (χ1n) is 10.2. The Balaban J connectivity index is 1.65. The highest BCUT2D eigenvalue weighted by Gasteiger charge is 2.11. The molecular weight excluding hydrogens is 340 g/mol. The zero-order chi connectivity index (χ0) is 18.5. The topological polar surface area (TPSA) is 41.1 Å². The van der Waals surface area contributed by atoms with Gasteiger partial charge in [-0.25, -0.2) is 0 Å². The van der Waals surface area contributed by atoms with E-state index in [0.29, 0.717) is 0 Å². The molecule has 0 saturated carbocycles.